The first-order valence-corrected chi connectivity index (χ1v) is 10.0. The Labute approximate surface area is 191 Å². The lowest BCUT2D eigenvalue weighted by molar-refractivity contribution is -0.279. The average molecular weight is 494 g/mol. The van der Waals surface area contributed by atoms with Crippen molar-refractivity contribution in [2.75, 3.05) is 13.2 Å². The van der Waals surface area contributed by atoms with Gasteiger partial charge in [-0.25, -0.2) is 4.79 Å². The molecule has 2 aliphatic rings. The van der Waals surface area contributed by atoms with Crippen molar-refractivity contribution < 1.29 is 74.8 Å². The Morgan fingerprint density at radius 1 is 0.735 bits per heavy atom. The molecule has 2 heterocycles. The summed E-state index contributed by atoms with van der Waals surface area (Å²) in [4.78, 5) is 11.6. The number of hydrogen-bond donors (Lipinski definition) is 10. The lowest BCUT2D eigenvalue weighted by Gasteiger charge is -2.40. The average Bonchev–Trinajstić information content (AvgIpc) is 2.81. The Bertz CT molecular complexity index is 801. The van der Waals surface area contributed by atoms with E-state index in [-0.39, 0.29) is 0 Å². The maximum Gasteiger partial charge on any atom is 0.335 e. The smallest absolute Gasteiger partial charge is 0.335 e. The number of aromatic hydroxyl groups is 1. The molecule has 15 heteroatoms. The highest BCUT2D eigenvalue weighted by molar-refractivity contribution is 5.89. The molecule has 3 rings (SSSR count). The van der Waals surface area contributed by atoms with Gasteiger partial charge >= 0.3 is 5.97 Å². The van der Waals surface area contributed by atoms with Crippen molar-refractivity contribution in [3.63, 3.8) is 0 Å². The third kappa shape index (κ3) is 5.03. The zero-order valence-corrected chi connectivity index (χ0v) is 17.4. The van der Waals surface area contributed by atoms with E-state index in [0.717, 1.165) is 12.1 Å². The Kier molecular flexibility index (Phi) is 8.14. The van der Waals surface area contributed by atoms with E-state index in [4.69, 9.17) is 18.9 Å². The number of rotatable bonds is 7. The first-order chi connectivity index (χ1) is 16.0. The molecular weight excluding hydrogens is 468 g/mol. The van der Waals surface area contributed by atoms with Crippen molar-refractivity contribution in [1.82, 2.24) is 0 Å². The van der Waals surface area contributed by atoms with Crippen LogP contribution >= 0.6 is 0 Å². The van der Waals surface area contributed by atoms with E-state index in [2.05, 4.69) is 0 Å². The summed E-state index contributed by atoms with van der Waals surface area (Å²) < 4.78 is 20.9. The monoisotopic (exact) mass is 494 g/mol. The second-order valence-corrected chi connectivity index (χ2v) is 7.76. The Hall–Kier alpha value is -2.31. The second kappa shape index (κ2) is 10.5. The minimum Gasteiger partial charge on any atom is -0.502 e. The number of carboxylic acid groups (broad SMARTS) is 1. The van der Waals surface area contributed by atoms with Crippen LogP contribution in [0.4, 0.5) is 0 Å². The van der Waals surface area contributed by atoms with Gasteiger partial charge in [0.1, 0.15) is 48.8 Å². The number of phenols is 1. The predicted molar refractivity (Wildman–Crippen MR) is 104 cm³/mol. The second-order valence-electron chi connectivity index (χ2n) is 7.76. The Morgan fingerprint density at radius 3 is 1.44 bits per heavy atom. The number of carboxylic acids is 1. The highest BCUT2D eigenvalue weighted by Crippen LogP contribution is 2.40. The van der Waals surface area contributed by atoms with Crippen LogP contribution in [-0.4, -0.2) is 132 Å². The molecule has 0 spiro atoms. The van der Waals surface area contributed by atoms with Gasteiger partial charge in [-0.15, -0.1) is 0 Å². The van der Waals surface area contributed by atoms with Crippen LogP contribution in [0.2, 0.25) is 0 Å². The number of ether oxygens (including phenoxy) is 4. The molecule has 0 saturated carbocycles. The first-order valence-electron chi connectivity index (χ1n) is 10.0. The van der Waals surface area contributed by atoms with Gasteiger partial charge in [0, 0.05) is 0 Å². The molecule has 0 aromatic heterocycles. The molecule has 0 amide bonds. The van der Waals surface area contributed by atoms with Gasteiger partial charge in [-0.2, -0.15) is 0 Å². The normalized spacial score (nSPS) is 38.4. The van der Waals surface area contributed by atoms with Crippen LogP contribution in [0.25, 0.3) is 0 Å². The first kappa shape index (κ1) is 26.3. The molecule has 0 radical (unpaired) electrons. The van der Waals surface area contributed by atoms with Crippen LogP contribution < -0.4 is 9.47 Å². The number of aliphatic hydroxyl groups is 8. The Morgan fingerprint density at radius 2 is 1.12 bits per heavy atom. The molecule has 2 saturated heterocycles. The van der Waals surface area contributed by atoms with Crippen LogP contribution in [0.5, 0.6) is 17.2 Å². The van der Waals surface area contributed by atoms with Crippen LogP contribution in [0.15, 0.2) is 12.1 Å². The summed E-state index contributed by atoms with van der Waals surface area (Å²) in [7, 11) is 0. The molecular formula is C19H26O15. The van der Waals surface area contributed by atoms with Crippen molar-refractivity contribution in [3.8, 4) is 17.2 Å². The SMILES string of the molecule is O=C(O)c1cc(OC2O[C@H](CO)[C@@H](O)[C@H](O)[C@@H]2O)c(O)c(OC2O[C@H](CO)[C@@H](O)[C@H](O)[C@@H]2O)c1. The third-order valence-electron chi connectivity index (χ3n) is 5.47. The maximum absolute atomic E-state index is 11.6. The molecule has 2 fully saturated rings. The largest absolute Gasteiger partial charge is 0.502 e. The van der Waals surface area contributed by atoms with Crippen molar-refractivity contribution in [1.29, 1.82) is 0 Å². The fraction of sp³-hybridized carbons (Fsp3) is 0.632. The quantitative estimate of drug-likeness (QED) is 0.171. The van der Waals surface area contributed by atoms with Crippen molar-refractivity contribution >= 4 is 5.97 Å². The molecule has 34 heavy (non-hydrogen) atoms. The molecule has 2 unspecified atom stereocenters. The van der Waals surface area contributed by atoms with E-state index in [1.165, 1.54) is 0 Å². The van der Waals surface area contributed by atoms with Gasteiger partial charge in [-0.05, 0) is 12.1 Å². The van der Waals surface area contributed by atoms with E-state index in [9.17, 15) is 55.9 Å². The number of aliphatic hydroxyl groups excluding tert-OH is 8. The molecule has 0 aliphatic carbocycles. The number of carbonyl (C=O) groups is 1. The molecule has 10 N–H and O–H groups in total. The van der Waals surface area contributed by atoms with Gasteiger partial charge in [0.15, 0.2) is 11.5 Å². The summed E-state index contributed by atoms with van der Waals surface area (Å²) in [5.74, 6) is -3.66. The molecule has 2 aliphatic heterocycles. The van der Waals surface area contributed by atoms with Crippen molar-refractivity contribution in [2.45, 2.75) is 61.4 Å². The summed E-state index contributed by atoms with van der Waals surface area (Å²) in [6.07, 6.45) is -17.0. The van der Waals surface area contributed by atoms with E-state index in [0.29, 0.717) is 0 Å². The predicted octanol–water partition coefficient (Wildman–Crippen LogP) is -4.55. The van der Waals surface area contributed by atoms with E-state index in [1.807, 2.05) is 0 Å². The summed E-state index contributed by atoms with van der Waals surface area (Å²) in [6, 6.07) is 1.64. The minimum atomic E-state index is -1.87. The number of benzene rings is 1. The molecule has 1 aromatic rings. The highest BCUT2D eigenvalue weighted by atomic mass is 16.7. The van der Waals surface area contributed by atoms with E-state index >= 15 is 0 Å². The summed E-state index contributed by atoms with van der Waals surface area (Å²) in [5.41, 5.74) is -0.517. The molecule has 192 valence electrons. The lowest BCUT2D eigenvalue weighted by atomic mass is 9.99. The number of hydrogen-bond acceptors (Lipinski definition) is 14. The van der Waals surface area contributed by atoms with Gasteiger partial charge in [-0.1, -0.05) is 0 Å². The third-order valence-corrected chi connectivity index (χ3v) is 5.47. The lowest BCUT2D eigenvalue weighted by Crippen LogP contribution is -2.60. The van der Waals surface area contributed by atoms with E-state index in [1.54, 1.807) is 0 Å². The van der Waals surface area contributed by atoms with Crippen molar-refractivity contribution in [2.24, 2.45) is 0 Å². The standard InChI is InChI=1S/C19H26O15/c20-3-8-11(23)13(25)15(27)18(33-8)31-6-1-5(17(29)30)2-7(10(6)22)32-19-16(28)14(26)12(24)9(4-21)34-19/h1-2,8-9,11-16,18-28H,3-4H2,(H,29,30)/t8-,9-,11-,12-,13+,14+,15+,16+,18?,19?/m1/s1. The van der Waals surface area contributed by atoms with Gasteiger partial charge < -0.3 is 70.0 Å². The molecule has 10 atom stereocenters. The molecule has 15 nitrogen and oxygen atoms in total. The fourth-order valence-corrected chi connectivity index (χ4v) is 3.47. The van der Waals surface area contributed by atoms with Gasteiger partial charge in [-0.3, -0.25) is 0 Å². The fourth-order valence-electron chi connectivity index (χ4n) is 3.47. The van der Waals surface area contributed by atoms with Gasteiger partial charge in [0.05, 0.1) is 18.8 Å². The Balaban J connectivity index is 1.90. The zero-order chi connectivity index (χ0) is 25.3. The van der Waals surface area contributed by atoms with Crippen LogP contribution in [0.3, 0.4) is 0 Å². The maximum atomic E-state index is 11.6. The van der Waals surface area contributed by atoms with Crippen molar-refractivity contribution in [3.05, 3.63) is 17.7 Å². The van der Waals surface area contributed by atoms with Gasteiger partial charge in [0.2, 0.25) is 18.3 Å². The molecule has 1 aromatic carbocycles. The summed E-state index contributed by atoms with van der Waals surface area (Å²) in [5, 5.41) is 98.3. The van der Waals surface area contributed by atoms with Crippen LogP contribution in [0, 0.1) is 0 Å². The van der Waals surface area contributed by atoms with Gasteiger partial charge in [0.25, 0.3) is 0 Å². The number of phenolic OH excluding ortho intramolecular Hbond substituents is 1. The van der Waals surface area contributed by atoms with E-state index < -0.39 is 103 Å². The van der Waals surface area contributed by atoms with Crippen LogP contribution in [0.1, 0.15) is 10.4 Å². The minimum absolute atomic E-state index is 0.517. The molecule has 0 bridgehead atoms. The topological polar surface area (TPSA) is 256 Å². The number of aromatic carboxylic acids is 1. The summed E-state index contributed by atoms with van der Waals surface area (Å²) >= 11 is 0. The summed E-state index contributed by atoms with van der Waals surface area (Å²) in [6.45, 7) is -1.53. The van der Waals surface area contributed by atoms with Crippen LogP contribution in [-0.2, 0) is 9.47 Å². The highest BCUT2D eigenvalue weighted by Gasteiger charge is 2.46. The zero-order valence-electron chi connectivity index (χ0n) is 17.4.